The maximum atomic E-state index is 10.8. The molecule has 0 saturated heterocycles. The lowest BCUT2D eigenvalue weighted by molar-refractivity contribution is -0.149. The van der Waals surface area contributed by atoms with Crippen molar-refractivity contribution in [1.82, 2.24) is 0 Å². The van der Waals surface area contributed by atoms with Crippen LogP contribution in [-0.4, -0.2) is 27.1 Å². The zero-order valence-corrected chi connectivity index (χ0v) is 7.80. The number of benzene rings is 1. The molecular weight excluding hydrogens is 200 g/mol. The summed E-state index contributed by atoms with van der Waals surface area (Å²) in [5.74, 6) is -3.00. The van der Waals surface area contributed by atoms with Crippen molar-refractivity contribution in [3.63, 3.8) is 0 Å². The number of carboxylic acids is 1. The van der Waals surface area contributed by atoms with Gasteiger partial charge in [-0.2, -0.15) is 0 Å². The van der Waals surface area contributed by atoms with Crippen LogP contribution in [0.3, 0.4) is 0 Å². The number of para-hydroxylation sites is 1. The first kappa shape index (κ1) is 11.0. The van der Waals surface area contributed by atoms with Gasteiger partial charge in [-0.15, -0.1) is 0 Å². The van der Waals surface area contributed by atoms with E-state index < -0.39 is 11.8 Å². The molecule has 0 atom stereocenters. The third-order valence-corrected chi connectivity index (χ3v) is 1.96. The normalized spacial score (nSPS) is 9.87. The summed E-state index contributed by atoms with van der Waals surface area (Å²) in [5, 5.41) is 26.8. The van der Waals surface area contributed by atoms with Crippen LogP contribution in [0.25, 0.3) is 0 Å². The molecule has 3 N–H and O–H groups in total. The molecule has 0 aliphatic rings. The fourth-order valence-electron chi connectivity index (χ4n) is 1.13. The van der Waals surface area contributed by atoms with Gasteiger partial charge in [0.1, 0.15) is 0 Å². The summed E-state index contributed by atoms with van der Waals surface area (Å²) in [4.78, 5) is 21.0. The van der Waals surface area contributed by atoms with Crippen LogP contribution in [0.1, 0.15) is 12.0 Å². The number of aryl methyl sites for hydroxylation is 1. The number of carboxylic acid groups (broad SMARTS) is 1. The Morgan fingerprint density at radius 1 is 1.20 bits per heavy atom. The highest BCUT2D eigenvalue weighted by molar-refractivity contribution is 6.32. The number of hydrogen-bond donors (Lipinski definition) is 3. The smallest absolute Gasteiger partial charge is 0.372 e. The molecule has 5 nitrogen and oxygen atoms in total. The predicted molar refractivity (Wildman–Crippen MR) is 50.7 cm³/mol. The van der Waals surface area contributed by atoms with E-state index in [9.17, 15) is 14.7 Å². The minimum atomic E-state index is -1.49. The second-order valence-electron chi connectivity index (χ2n) is 3.01. The lowest BCUT2D eigenvalue weighted by Gasteiger charge is -2.04. The van der Waals surface area contributed by atoms with Crippen LogP contribution in [0.2, 0.25) is 0 Å². The van der Waals surface area contributed by atoms with Crippen LogP contribution >= 0.6 is 0 Å². The summed E-state index contributed by atoms with van der Waals surface area (Å²) in [7, 11) is 0. The first-order valence-electron chi connectivity index (χ1n) is 4.28. The zero-order chi connectivity index (χ0) is 11.4. The summed E-state index contributed by atoms with van der Waals surface area (Å²) in [6.45, 7) is 0. The van der Waals surface area contributed by atoms with Crippen molar-refractivity contribution < 1.29 is 24.9 Å². The molecule has 0 saturated carbocycles. The molecule has 0 fully saturated rings. The lowest BCUT2D eigenvalue weighted by Crippen LogP contribution is -2.12. The number of ketones is 1. The molecule has 0 aliphatic carbocycles. The third-order valence-electron chi connectivity index (χ3n) is 1.96. The standard InChI is InChI=1S/C10H10O5/c11-7-3-1-2-6(9(7)13)4-5-8(12)10(14)15/h1-3,11,13H,4-5H2,(H,14,15). The van der Waals surface area contributed by atoms with Gasteiger partial charge in [-0.3, -0.25) is 4.79 Å². The second kappa shape index (κ2) is 4.45. The van der Waals surface area contributed by atoms with E-state index in [1.807, 2.05) is 0 Å². The topological polar surface area (TPSA) is 94.8 Å². The van der Waals surface area contributed by atoms with Gasteiger partial charge in [0.05, 0.1) is 0 Å². The molecule has 80 valence electrons. The Kier molecular flexibility index (Phi) is 3.28. The molecule has 0 radical (unpaired) electrons. The maximum Gasteiger partial charge on any atom is 0.372 e. The molecule has 15 heavy (non-hydrogen) atoms. The van der Waals surface area contributed by atoms with E-state index in [0.29, 0.717) is 5.56 Å². The Bertz CT molecular complexity index is 397. The Labute approximate surface area is 85.6 Å². The second-order valence-corrected chi connectivity index (χ2v) is 3.01. The number of rotatable bonds is 4. The quantitative estimate of drug-likeness (QED) is 0.502. The van der Waals surface area contributed by atoms with Crippen LogP contribution in [0.4, 0.5) is 0 Å². The predicted octanol–water partition coefficient (Wildman–Crippen LogP) is 0.684. The summed E-state index contributed by atoms with van der Waals surface area (Å²) in [5.41, 5.74) is 0.351. The molecular formula is C10H10O5. The first-order valence-corrected chi connectivity index (χ1v) is 4.28. The number of phenols is 2. The largest absolute Gasteiger partial charge is 0.504 e. The van der Waals surface area contributed by atoms with Gasteiger partial charge in [-0.1, -0.05) is 12.1 Å². The van der Waals surface area contributed by atoms with E-state index in [1.165, 1.54) is 18.2 Å². The Morgan fingerprint density at radius 3 is 2.47 bits per heavy atom. The summed E-state index contributed by atoms with van der Waals surface area (Å²) in [6, 6.07) is 4.33. The summed E-state index contributed by atoms with van der Waals surface area (Å²) in [6.07, 6.45) is -0.113. The average molecular weight is 210 g/mol. The van der Waals surface area contributed by atoms with Crippen LogP contribution in [0, 0.1) is 0 Å². The van der Waals surface area contributed by atoms with Crippen molar-refractivity contribution in [3.05, 3.63) is 23.8 Å². The van der Waals surface area contributed by atoms with E-state index in [-0.39, 0.29) is 24.3 Å². The van der Waals surface area contributed by atoms with Gasteiger partial charge in [0.2, 0.25) is 5.78 Å². The number of hydrogen-bond acceptors (Lipinski definition) is 4. The molecule has 0 amide bonds. The van der Waals surface area contributed by atoms with E-state index in [1.54, 1.807) is 0 Å². The van der Waals surface area contributed by atoms with Crippen molar-refractivity contribution in [2.24, 2.45) is 0 Å². The molecule has 0 aliphatic heterocycles. The van der Waals surface area contributed by atoms with Crippen molar-refractivity contribution >= 4 is 11.8 Å². The van der Waals surface area contributed by atoms with Gasteiger partial charge in [-0.05, 0) is 18.1 Å². The number of aliphatic carboxylic acids is 1. The van der Waals surface area contributed by atoms with Gasteiger partial charge in [0, 0.05) is 6.42 Å². The zero-order valence-electron chi connectivity index (χ0n) is 7.80. The Hall–Kier alpha value is -2.04. The maximum absolute atomic E-state index is 10.8. The molecule has 0 bridgehead atoms. The fraction of sp³-hybridized carbons (Fsp3) is 0.200. The molecule has 0 heterocycles. The average Bonchev–Trinajstić information content (AvgIpc) is 2.19. The summed E-state index contributed by atoms with van der Waals surface area (Å²) >= 11 is 0. The van der Waals surface area contributed by atoms with Crippen LogP contribution in [0.15, 0.2) is 18.2 Å². The van der Waals surface area contributed by atoms with Crippen LogP contribution < -0.4 is 0 Å². The van der Waals surface area contributed by atoms with Crippen LogP contribution in [-0.2, 0) is 16.0 Å². The summed E-state index contributed by atoms with van der Waals surface area (Å²) < 4.78 is 0. The molecule has 1 aromatic carbocycles. The Balaban J connectivity index is 2.70. The molecule has 1 aromatic rings. The monoisotopic (exact) mass is 210 g/mol. The lowest BCUT2D eigenvalue weighted by atomic mass is 10.1. The van der Waals surface area contributed by atoms with Gasteiger partial charge < -0.3 is 15.3 Å². The van der Waals surface area contributed by atoms with Crippen LogP contribution in [0.5, 0.6) is 11.5 Å². The number of aromatic hydroxyl groups is 2. The molecule has 0 spiro atoms. The van der Waals surface area contributed by atoms with Gasteiger partial charge in [0.25, 0.3) is 0 Å². The SMILES string of the molecule is O=C(O)C(=O)CCc1cccc(O)c1O. The number of carbonyl (C=O) groups is 2. The minimum absolute atomic E-state index is 0.0887. The van der Waals surface area contributed by atoms with Gasteiger partial charge in [-0.25, -0.2) is 4.79 Å². The fourth-order valence-corrected chi connectivity index (χ4v) is 1.13. The van der Waals surface area contributed by atoms with E-state index in [0.717, 1.165) is 0 Å². The number of Topliss-reactive ketones (excluding diaryl/α,β-unsaturated/α-hetero) is 1. The number of carbonyl (C=O) groups excluding carboxylic acids is 1. The highest BCUT2D eigenvalue weighted by Crippen LogP contribution is 2.28. The van der Waals surface area contributed by atoms with Crippen molar-refractivity contribution in [2.45, 2.75) is 12.8 Å². The van der Waals surface area contributed by atoms with E-state index in [2.05, 4.69) is 0 Å². The van der Waals surface area contributed by atoms with Crippen molar-refractivity contribution in [1.29, 1.82) is 0 Å². The van der Waals surface area contributed by atoms with Gasteiger partial charge in [0.15, 0.2) is 11.5 Å². The molecule has 5 heteroatoms. The van der Waals surface area contributed by atoms with E-state index >= 15 is 0 Å². The number of phenolic OH excluding ortho intramolecular Hbond substituents is 2. The molecule has 1 rings (SSSR count). The Morgan fingerprint density at radius 2 is 1.87 bits per heavy atom. The minimum Gasteiger partial charge on any atom is -0.504 e. The third kappa shape index (κ3) is 2.70. The van der Waals surface area contributed by atoms with Crippen molar-refractivity contribution in [2.75, 3.05) is 0 Å². The van der Waals surface area contributed by atoms with Crippen molar-refractivity contribution in [3.8, 4) is 11.5 Å². The first-order chi connectivity index (χ1) is 7.02. The molecule has 0 aromatic heterocycles. The highest BCUT2D eigenvalue weighted by atomic mass is 16.4. The van der Waals surface area contributed by atoms with Gasteiger partial charge >= 0.3 is 5.97 Å². The molecule has 0 unspecified atom stereocenters. The highest BCUT2D eigenvalue weighted by Gasteiger charge is 2.13. The van der Waals surface area contributed by atoms with E-state index in [4.69, 9.17) is 10.2 Å².